The molecular formula is C29H35O10P. The quantitative estimate of drug-likeness (QED) is 0.194. The number of phosphoric ester groups is 1. The van der Waals surface area contributed by atoms with E-state index in [1.165, 1.54) is 25.1 Å². The van der Waals surface area contributed by atoms with Crippen LogP contribution in [-0.4, -0.2) is 47.0 Å². The van der Waals surface area contributed by atoms with Crippen LogP contribution in [0.2, 0.25) is 0 Å². The molecule has 3 aliphatic rings. The van der Waals surface area contributed by atoms with E-state index in [2.05, 4.69) is 13.5 Å². The Balaban J connectivity index is 1.65. The van der Waals surface area contributed by atoms with Crippen LogP contribution in [0.15, 0.2) is 60.2 Å². The van der Waals surface area contributed by atoms with Gasteiger partial charge in [0.05, 0.1) is 5.57 Å². The molecule has 10 nitrogen and oxygen atoms in total. The van der Waals surface area contributed by atoms with Crippen molar-refractivity contribution in [2.45, 2.75) is 52.6 Å². The third kappa shape index (κ3) is 6.09. The lowest BCUT2D eigenvalue weighted by Gasteiger charge is -2.59. The number of hydrogen-bond acceptors (Lipinski definition) is 8. The van der Waals surface area contributed by atoms with Gasteiger partial charge in [-0.05, 0) is 55.2 Å². The van der Waals surface area contributed by atoms with Gasteiger partial charge in [0.25, 0.3) is 0 Å². The van der Waals surface area contributed by atoms with E-state index in [4.69, 9.17) is 18.7 Å². The largest absolute Gasteiger partial charge is 0.524 e. The molecular weight excluding hydrogens is 539 g/mol. The summed E-state index contributed by atoms with van der Waals surface area (Å²) >= 11 is 0. The molecule has 0 radical (unpaired) electrons. The van der Waals surface area contributed by atoms with E-state index in [0.29, 0.717) is 24.8 Å². The molecule has 2 aliphatic carbocycles. The topological polar surface area (TPSA) is 146 Å². The summed E-state index contributed by atoms with van der Waals surface area (Å²) in [5.74, 6) is -2.04. The summed E-state index contributed by atoms with van der Waals surface area (Å²) in [7, 11) is -4.92. The number of esters is 3. The lowest BCUT2D eigenvalue weighted by Crippen LogP contribution is -2.58. The molecule has 0 aromatic heterocycles. The molecule has 1 aliphatic heterocycles. The number of hydrogen-bond donors (Lipinski definition) is 2. The predicted molar refractivity (Wildman–Crippen MR) is 144 cm³/mol. The van der Waals surface area contributed by atoms with E-state index < -0.39 is 31.3 Å². The fraction of sp³-hybridized carbons (Fsp3) is 0.483. The summed E-state index contributed by atoms with van der Waals surface area (Å²) in [4.78, 5) is 55.8. The molecule has 40 heavy (non-hydrogen) atoms. The maximum absolute atomic E-state index is 13.3. The van der Waals surface area contributed by atoms with Gasteiger partial charge >= 0.3 is 25.7 Å². The molecule has 11 heteroatoms. The van der Waals surface area contributed by atoms with Crippen molar-refractivity contribution in [3.05, 3.63) is 65.8 Å². The summed E-state index contributed by atoms with van der Waals surface area (Å²) in [6.45, 7) is 10.0. The minimum absolute atomic E-state index is 0.0154. The Morgan fingerprint density at radius 1 is 1.23 bits per heavy atom. The Morgan fingerprint density at radius 3 is 2.60 bits per heavy atom. The SMILES string of the molecule is C=C1CCC2[C@](C)(CC[C@@H](OC(=O)c3ccccc3OP(=O)(O)O)[C@@]2(C)COC(C)=O)C1/C=C/C1=CCOC1=O. The van der Waals surface area contributed by atoms with Crippen molar-refractivity contribution in [1.29, 1.82) is 0 Å². The van der Waals surface area contributed by atoms with Crippen molar-refractivity contribution in [2.75, 3.05) is 13.2 Å². The first-order valence-electron chi connectivity index (χ1n) is 13.2. The highest BCUT2D eigenvalue weighted by molar-refractivity contribution is 7.46. The molecule has 5 atom stereocenters. The summed E-state index contributed by atoms with van der Waals surface area (Å²) < 4.78 is 32.7. The van der Waals surface area contributed by atoms with E-state index >= 15 is 0 Å². The Kier molecular flexibility index (Phi) is 8.45. The van der Waals surface area contributed by atoms with E-state index in [1.54, 1.807) is 18.2 Å². The van der Waals surface area contributed by atoms with Gasteiger partial charge in [0, 0.05) is 18.3 Å². The van der Waals surface area contributed by atoms with Crippen LogP contribution in [-0.2, 0) is 28.4 Å². The number of fused-ring (bicyclic) bond motifs is 1. The standard InChI is InChI=1S/C29H35O10P/c1-18-9-12-24-28(3,22(18)11-10-20-14-16-36-26(20)31)15-13-25(29(24,4)17-37-19(2)30)38-27(32)21-7-5-6-8-23(21)39-40(33,34)35/h5-8,10-11,14,22,24-25H,1,9,12-13,15-17H2,2-4H3,(H2,33,34,35)/b11-10+/t22?,24?,25-,28-,29+/m1/s1. The van der Waals surface area contributed by atoms with Crippen molar-refractivity contribution in [2.24, 2.45) is 22.7 Å². The molecule has 2 saturated carbocycles. The monoisotopic (exact) mass is 574 g/mol. The minimum Gasteiger partial charge on any atom is -0.465 e. The second-order valence-corrected chi connectivity index (χ2v) is 12.3. The molecule has 0 bridgehead atoms. The van der Waals surface area contributed by atoms with Gasteiger partial charge in [0.2, 0.25) is 0 Å². The molecule has 4 rings (SSSR count). The smallest absolute Gasteiger partial charge is 0.465 e. The van der Waals surface area contributed by atoms with Crippen molar-refractivity contribution < 1.29 is 47.5 Å². The number of para-hydroxylation sites is 1. The van der Waals surface area contributed by atoms with Gasteiger partial charge in [-0.15, -0.1) is 0 Å². The molecule has 216 valence electrons. The van der Waals surface area contributed by atoms with Gasteiger partial charge in [-0.3, -0.25) is 14.6 Å². The number of allylic oxidation sites excluding steroid dienone is 2. The zero-order valence-electron chi connectivity index (χ0n) is 22.8. The normalized spacial score (nSPS) is 30.3. The lowest BCUT2D eigenvalue weighted by atomic mass is 9.46. The molecule has 2 N–H and O–H groups in total. The summed E-state index contributed by atoms with van der Waals surface area (Å²) in [6.07, 6.45) is 7.39. The number of phosphoric acid groups is 1. The number of benzene rings is 1. The zero-order chi connectivity index (χ0) is 29.3. The van der Waals surface area contributed by atoms with Crippen LogP contribution in [0.3, 0.4) is 0 Å². The highest BCUT2D eigenvalue weighted by atomic mass is 31.2. The first-order chi connectivity index (χ1) is 18.7. The summed E-state index contributed by atoms with van der Waals surface area (Å²) in [5.41, 5.74) is 0.291. The molecule has 2 unspecified atom stereocenters. The molecule has 1 aromatic rings. The fourth-order valence-corrected chi connectivity index (χ4v) is 7.07. The average molecular weight is 575 g/mol. The van der Waals surface area contributed by atoms with Gasteiger partial charge in [-0.1, -0.05) is 50.3 Å². The molecule has 1 aromatic carbocycles. The predicted octanol–water partition coefficient (Wildman–Crippen LogP) is 4.67. The second kappa shape index (κ2) is 11.4. The van der Waals surface area contributed by atoms with Crippen molar-refractivity contribution in [3.63, 3.8) is 0 Å². The Hall–Kier alpha value is -3.20. The number of rotatable bonds is 8. The number of carbonyl (C=O) groups is 3. The van der Waals surface area contributed by atoms with E-state index in [1.807, 2.05) is 13.0 Å². The third-order valence-electron chi connectivity index (χ3n) is 8.56. The molecule has 1 heterocycles. The maximum Gasteiger partial charge on any atom is 0.524 e. The minimum atomic E-state index is -4.92. The van der Waals surface area contributed by atoms with Crippen LogP contribution in [0, 0.1) is 22.7 Å². The second-order valence-electron chi connectivity index (χ2n) is 11.1. The lowest BCUT2D eigenvalue weighted by molar-refractivity contribution is -0.171. The van der Waals surface area contributed by atoms with Crippen molar-refractivity contribution in [3.8, 4) is 5.75 Å². The number of ether oxygens (including phenoxy) is 3. The molecule has 0 spiro atoms. The van der Waals surface area contributed by atoms with E-state index in [9.17, 15) is 28.7 Å². The number of cyclic esters (lactones) is 1. The highest BCUT2D eigenvalue weighted by Crippen LogP contribution is 2.62. The van der Waals surface area contributed by atoms with E-state index in [-0.39, 0.29) is 47.7 Å². The van der Waals surface area contributed by atoms with Crippen LogP contribution >= 0.6 is 7.82 Å². The highest BCUT2D eigenvalue weighted by Gasteiger charge is 2.59. The average Bonchev–Trinajstić information content (AvgIpc) is 3.28. The van der Waals surface area contributed by atoms with Crippen LogP contribution in [0.25, 0.3) is 0 Å². The molecule has 0 amide bonds. The Bertz CT molecular complexity index is 1310. The van der Waals surface area contributed by atoms with Gasteiger partial charge in [0.15, 0.2) is 0 Å². The molecule has 2 fully saturated rings. The van der Waals surface area contributed by atoms with Gasteiger partial charge in [-0.2, -0.15) is 0 Å². The zero-order valence-corrected chi connectivity index (χ0v) is 23.7. The first kappa shape index (κ1) is 29.8. The van der Waals surface area contributed by atoms with Gasteiger partial charge in [-0.25, -0.2) is 14.2 Å². The molecule has 0 saturated heterocycles. The third-order valence-corrected chi connectivity index (χ3v) is 8.99. The van der Waals surface area contributed by atoms with Crippen molar-refractivity contribution >= 4 is 25.7 Å². The fourth-order valence-electron chi connectivity index (χ4n) is 6.65. The summed E-state index contributed by atoms with van der Waals surface area (Å²) in [5, 5.41) is 0. The first-order valence-corrected chi connectivity index (χ1v) is 14.7. The van der Waals surface area contributed by atoms with E-state index in [0.717, 1.165) is 12.0 Å². The Labute approximate surface area is 233 Å². The van der Waals surface area contributed by atoms with Gasteiger partial charge < -0.3 is 18.7 Å². The summed E-state index contributed by atoms with van der Waals surface area (Å²) in [6, 6.07) is 5.68. The number of carbonyl (C=O) groups excluding carboxylic acids is 3. The van der Waals surface area contributed by atoms with Crippen LogP contribution in [0.5, 0.6) is 5.75 Å². The van der Waals surface area contributed by atoms with Crippen LogP contribution in [0.4, 0.5) is 0 Å². The van der Waals surface area contributed by atoms with Crippen LogP contribution < -0.4 is 4.52 Å². The maximum atomic E-state index is 13.3. The van der Waals surface area contributed by atoms with Gasteiger partial charge in [0.1, 0.15) is 30.6 Å². The van der Waals surface area contributed by atoms with Crippen molar-refractivity contribution in [1.82, 2.24) is 0 Å². The Morgan fingerprint density at radius 2 is 1.95 bits per heavy atom. The van der Waals surface area contributed by atoms with Crippen LogP contribution in [0.1, 0.15) is 56.8 Å².